The van der Waals surface area contributed by atoms with Crippen molar-refractivity contribution in [2.75, 3.05) is 20.1 Å². The Morgan fingerprint density at radius 3 is 2.25 bits per heavy atom. The van der Waals surface area contributed by atoms with Crippen molar-refractivity contribution in [2.45, 2.75) is 39.0 Å². The molecule has 1 aliphatic rings. The van der Waals surface area contributed by atoms with Crippen molar-refractivity contribution >= 4 is 12.4 Å². The largest absolute Gasteiger partial charge is 0.306 e. The van der Waals surface area contributed by atoms with Crippen LogP contribution in [-0.2, 0) is 0 Å². The predicted molar refractivity (Wildman–Crippen MR) is 57.0 cm³/mol. The van der Waals surface area contributed by atoms with E-state index in [4.69, 9.17) is 0 Å². The first kappa shape index (κ1) is 12.2. The Balaban J connectivity index is 0.00000121. The van der Waals surface area contributed by atoms with Crippen LogP contribution in [0.4, 0.5) is 0 Å². The third-order valence-electron chi connectivity index (χ3n) is 2.83. The second kappa shape index (κ2) is 6.73. The molecular formula is C10H22ClN. The van der Waals surface area contributed by atoms with Gasteiger partial charge in [0, 0.05) is 6.54 Å². The average Bonchev–Trinajstić information content (AvgIpc) is 2.06. The Kier molecular flexibility index (Phi) is 6.87. The number of hydrogen-bond acceptors (Lipinski definition) is 1. The van der Waals surface area contributed by atoms with Gasteiger partial charge in [-0.25, -0.2) is 0 Å². The minimum Gasteiger partial charge on any atom is -0.306 e. The van der Waals surface area contributed by atoms with E-state index in [1.165, 1.54) is 45.2 Å². The molecule has 2 heteroatoms. The van der Waals surface area contributed by atoms with Crippen LogP contribution in [0.2, 0.25) is 0 Å². The molecule has 0 atom stereocenters. The third-order valence-corrected chi connectivity index (χ3v) is 2.83. The van der Waals surface area contributed by atoms with E-state index in [0.29, 0.717) is 0 Å². The molecule has 74 valence electrons. The van der Waals surface area contributed by atoms with E-state index >= 15 is 0 Å². The van der Waals surface area contributed by atoms with E-state index < -0.39 is 0 Å². The van der Waals surface area contributed by atoms with Crippen molar-refractivity contribution in [1.29, 1.82) is 0 Å². The summed E-state index contributed by atoms with van der Waals surface area (Å²) < 4.78 is 0. The van der Waals surface area contributed by atoms with E-state index in [1.54, 1.807) is 0 Å². The molecule has 0 aliphatic heterocycles. The van der Waals surface area contributed by atoms with Gasteiger partial charge < -0.3 is 4.90 Å². The summed E-state index contributed by atoms with van der Waals surface area (Å²) in [5.74, 6) is 1.01. The Morgan fingerprint density at radius 1 is 1.17 bits per heavy atom. The Hall–Kier alpha value is 0.250. The van der Waals surface area contributed by atoms with Crippen molar-refractivity contribution in [3.8, 4) is 0 Å². The molecule has 1 fully saturated rings. The van der Waals surface area contributed by atoms with Crippen LogP contribution < -0.4 is 0 Å². The zero-order chi connectivity index (χ0) is 8.10. The molecule has 0 heterocycles. The lowest BCUT2D eigenvalue weighted by atomic mass is 9.89. The second-order valence-electron chi connectivity index (χ2n) is 3.86. The first-order valence-corrected chi connectivity index (χ1v) is 5.01. The molecule has 12 heavy (non-hydrogen) atoms. The second-order valence-corrected chi connectivity index (χ2v) is 3.86. The number of halogens is 1. The first-order valence-electron chi connectivity index (χ1n) is 5.01. The monoisotopic (exact) mass is 191 g/mol. The number of nitrogens with zero attached hydrogens (tertiary/aromatic N) is 1. The predicted octanol–water partition coefficient (Wildman–Crippen LogP) is 2.94. The topological polar surface area (TPSA) is 3.24 Å². The zero-order valence-corrected chi connectivity index (χ0v) is 9.20. The van der Waals surface area contributed by atoms with Crippen molar-refractivity contribution in [1.82, 2.24) is 4.90 Å². The highest BCUT2D eigenvalue weighted by Gasteiger charge is 2.13. The van der Waals surface area contributed by atoms with Gasteiger partial charge in [-0.1, -0.05) is 26.2 Å². The summed E-state index contributed by atoms with van der Waals surface area (Å²) in [6.45, 7) is 4.77. The number of rotatable bonds is 3. The smallest absolute Gasteiger partial charge is 0.000649 e. The summed E-state index contributed by atoms with van der Waals surface area (Å²) in [5, 5.41) is 0. The van der Waals surface area contributed by atoms with E-state index in [9.17, 15) is 0 Å². The van der Waals surface area contributed by atoms with Crippen LogP contribution in [0.3, 0.4) is 0 Å². The van der Waals surface area contributed by atoms with Gasteiger partial charge in [0.05, 0.1) is 0 Å². The zero-order valence-electron chi connectivity index (χ0n) is 8.38. The van der Waals surface area contributed by atoms with Crippen molar-refractivity contribution < 1.29 is 0 Å². The van der Waals surface area contributed by atoms with Gasteiger partial charge in [-0.15, -0.1) is 12.4 Å². The van der Waals surface area contributed by atoms with Gasteiger partial charge in [0.25, 0.3) is 0 Å². The molecule has 0 amide bonds. The first-order chi connectivity index (χ1) is 5.33. The fourth-order valence-corrected chi connectivity index (χ4v) is 1.94. The molecule has 0 saturated heterocycles. The lowest BCUT2D eigenvalue weighted by molar-refractivity contribution is 0.241. The van der Waals surface area contributed by atoms with Crippen LogP contribution in [0.1, 0.15) is 39.0 Å². The van der Waals surface area contributed by atoms with E-state index in [0.717, 1.165) is 5.92 Å². The Bertz CT molecular complexity index is 100. The van der Waals surface area contributed by atoms with Gasteiger partial charge in [0.2, 0.25) is 0 Å². The summed E-state index contributed by atoms with van der Waals surface area (Å²) in [6, 6.07) is 0. The van der Waals surface area contributed by atoms with E-state index in [2.05, 4.69) is 18.9 Å². The summed E-state index contributed by atoms with van der Waals surface area (Å²) >= 11 is 0. The van der Waals surface area contributed by atoms with Gasteiger partial charge in [0.1, 0.15) is 0 Å². The van der Waals surface area contributed by atoms with Crippen LogP contribution >= 0.6 is 12.4 Å². The highest BCUT2D eigenvalue weighted by Crippen LogP contribution is 2.23. The normalized spacial score (nSPS) is 19.2. The molecular weight excluding hydrogens is 170 g/mol. The fraction of sp³-hybridized carbons (Fsp3) is 1.00. The van der Waals surface area contributed by atoms with E-state index in [-0.39, 0.29) is 12.4 Å². The van der Waals surface area contributed by atoms with Gasteiger partial charge in [-0.3, -0.25) is 0 Å². The molecule has 1 aliphatic carbocycles. The fourth-order valence-electron chi connectivity index (χ4n) is 1.94. The molecule has 0 bridgehead atoms. The standard InChI is InChI=1S/C10H21N.ClH/c1-3-11(2)9-10-7-5-4-6-8-10;/h10H,3-9H2,1-2H3;1H. The molecule has 1 rings (SSSR count). The molecule has 0 spiro atoms. The quantitative estimate of drug-likeness (QED) is 0.663. The minimum absolute atomic E-state index is 0. The maximum Gasteiger partial charge on any atom is 0.000649 e. The van der Waals surface area contributed by atoms with Crippen LogP contribution in [0.15, 0.2) is 0 Å². The Labute approximate surface area is 82.9 Å². The molecule has 1 saturated carbocycles. The summed E-state index contributed by atoms with van der Waals surface area (Å²) in [4.78, 5) is 2.44. The summed E-state index contributed by atoms with van der Waals surface area (Å²) in [7, 11) is 2.23. The molecule has 0 aromatic carbocycles. The maximum atomic E-state index is 2.44. The van der Waals surface area contributed by atoms with Gasteiger partial charge in [-0.05, 0) is 32.4 Å². The van der Waals surface area contributed by atoms with Crippen LogP contribution in [0.5, 0.6) is 0 Å². The average molecular weight is 192 g/mol. The van der Waals surface area contributed by atoms with Crippen molar-refractivity contribution in [2.24, 2.45) is 5.92 Å². The lowest BCUT2D eigenvalue weighted by Gasteiger charge is -2.25. The van der Waals surface area contributed by atoms with Gasteiger partial charge in [-0.2, -0.15) is 0 Å². The molecule has 0 N–H and O–H groups in total. The lowest BCUT2D eigenvalue weighted by Crippen LogP contribution is -2.26. The highest BCUT2D eigenvalue weighted by atomic mass is 35.5. The van der Waals surface area contributed by atoms with Crippen LogP contribution in [-0.4, -0.2) is 25.0 Å². The maximum absolute atomic E-state index is 2.44. The van der Waals surface area contributed by atoms with Crippen LogP contribution in [0.25, 0.3) is 0 Å². The SMILES string of the molecule is CCN(C)CC1CCCCC1.Cl. The van der Waals surface area contributed by atoms with Crippen molar-refractivity contribution in [3.05, 3.63) is 0 Å². The molecule has 0 unspecified atom stereocenters. The third kappa shape index (κ3) is 4.32. The summed E-state index contributed by atoms with van der Waals surface area (Å²) in [6.07, 6.45) is 7.38. The highest BCUT2D eigenvalue weighted by molar-refractivity contribution is 5.85. The minimum atomic E-state index is 0. The summed E-state index contributed by atoms with van der Waals surface area (Å²) in [5.41, 5.74) is 0. The van der Waals surface area contributed by atoms with Gasteiger partial charge in [0.15, 0.2) is 0 Å². The molecule has 0 aromatic rings. The van der Waals surface area contributed by atoms with Crippen LogP contribution in [0, 0.1) is 5.92 Å². The van der Waals surface area contributed by atoms with Crippen molar-refractivity contribution in [3.63, 3.8) is 0 Å². The molecule has 0 aromatic heterocycles. The van der Waals surface area contributed by atoms with E-state index in [1.807, 2.05) is 0 Å². The number of hydrogen-bond donors (Lipinski definition) is 0. The molecule has 0 radical (unpaired) electrons. The molecule has 1 nitrogen and oxygen atoms in total. The van der Waals surface area contributed by atoms with Gasteiger partial charge >= 0.3 is 0 Å². The Morgan fingerprint density at radius 2 is 1.75 bits per heavy atom.